The zero-order chi connectivity index (χ0) is 10.6. The van der Waals surface area contributed by atoms with Gasteiger partial charge < -0.3 is 15.7 Å². The summed E-state index contributed by atoms with van der Waals surface area (Å²) >= 11 is 0. The first-order valence-corrected chi connectivity index (χ1v) is 4.55. The molecule has 0 saturated carbocycles. The molecule has 6 heteroatoms. The molecular weight excluding hydrogens is 186 g/mol. The Morgan fingerprint density at radius 1 is 1.50 bits per heavy atom. The quantitative estimate of drug-likeness (QED) is 0.559. The van der Waals surface area contributed by atoms with E-state index >= 15 is 0 Å². The van der Waals surface area contributed by atoms with Crippen LogP contribution in [0.1, 0.15) is 0 Å². The van der Waals surface area contributed by atoms with Crippen LogP contribution in [0.5, 0.6) is 0 Å². The van der Waals surface area contributed by atoms with E-state index in [2.05, 4.69) is 0 Å². The molecule has 80 valence electrons. The molecule has 0 unspecified atom stereocenters. The van der Waals surface area contributed by atoms with Crippen molar-refractivity contribution < 1.29 is 14.7 Å². The molecule has 0 aliphatic carbocycles. The Kier molecular flexibility index (Phi) is 3.84. The van der Waals surface area contributed by atoms with Crippen molar-refractivity contribution in [1.29, 1.82) is 0 Å². The number of carbonyl (C=O) groups is 2. The van der Waals surface area contributed by atoms with Crippen LogP contribution in [0.3, 0.4) is 0 Å². The maximum absolute atomic E-state index is 11.4. The fraction of sp³-hybridized carbons (Fsp3) is 0.750. The van der Waals surface area contributed by atoms with E-state index < -0.39 is 5.97 Å². The van der Waals surface area contributed by atoms with Gasteiger partial charge >= 0.3 is 5.97 Å². The SMILES string of the molecule is NCCN1CCN(CC(=O)O)C(=O)C1. The molecule has 1 amide bonds. The molecular formula is C8H15N3O3. The van der Waals surface area contributed by atoms with Crippen LogP contribution in [0, 0.1) is 0 Å². The summed E-state index contributed by atoms with van der Waals surface area (Å²) in [4.78, 5) is 25.1. The Bertz CT molecular complexity index is 232. The van der Waals surface area contributed by atoms with Crippen molar-refractivity contribution in [2.75, 3.05) is 39.3 Å². The van der Waals surface area contributed by atoms with Crippen molar-refractivity contribution in [3.63, 3.8) is 0 Å². The lowest BCUT2D eigenvalue weighted by Gasteiger charge is -2.32. The number of amides is 1. The summed E-state index contributed by atoms with van der Waals surface area (Å²) in [5.41, 5.74) is 5.36. The molecule has 1 aliphatic rings. The van der Waals surface area contributed by atoms with Gasteiger partial charge in [-0.05, 0) is 0 Å². The van der Waals surface area contributed by atoms with E-state index in [1.165, 1.54) is 4.90 Å². The lowest BCUT2D eigenvalue weighted by atomic mass is 10.3. The molecule has 1 rings (SSSR count). The van der Waals surface area contributed by atoms with Gasteiger partial charge in [0.1, 0.15) is 6.54 Å². The molecule has 3 N–H and O–H groups in total. The van der Waals surface area contributed by atoms with E-state index in [4.69, 9.17) is 10.8 Å². The molecule has 0 aromatic rings. The largest absolute Gasteiger partial charge is 0.480 e. The van der Waals surface area contributed by atoms with Gasteiger partial charge in [0.05, 0.1) is 6.54 Å². The number of carbonyl (C=O) groups excluding carboxylic acids is 1. The molecule has 6 nitrogen and oxygen atoms in total. The fourth-order valence-corrected chi connectivity index (χ4v) is 1.46. The molecule has 0 aromatic carbocycles. The lowest BCUT2D eigenvalue weighted by Crippen LogP contribution is -2.52. The maximum Gasteiger partial charge on any atom is 0.323 e. The summed E-state index contributed by atoms with van der Waals surface area (Å²) in [7, 11) is 0. The number of nitrogens with zero attached hydrogens (tertiary/aromatic N) is 2. The standard InChI is InChI=1S/C8H15N3O3/c9-1-2-10-3-4-11(6-8(13)14)7(12)5-10/h1-6,9H2,(H,13,14). The Morgan fingerprint density at radius 3 is 2.71 bits per heavy atom. The van der Waals surface area contributed by atoms with Crippen molar-refractivity contribution in [3.8, 4) is 0 Å². The minimum Gasteiger partial charge on any atom is -0.480 e. The molecule has 0 aromatic heterocycles. The number of carboxylic acid groups (broad SMARTS) is 1. The smallest absolute Gasteiger partial charge is 0.323 e. The third-order valence-electron chi connectivity index (χ3n) is 2.17. The van der Waals surface area contributed by atoms with Crippen molar-refractivity contribution in [2.24, 2.45) is 5.73 Å². The van der Waals surface area contributed by atoms with E-state index in [1.54, 1.807) is 0 Å². The topological polar surface area (TPSA) is 86.9 Å². The highest BCUT2D eigenvalue weighted by Crippen LogP contribution is 2.01. The van der Waals surface area contributed by atoms with Gasteiger partial charge in [-0.25, -0.2) is 0 Å². The summed E-state index contributed by atoms with van der Waals surface area (Å²) in [6, 6.07) is 0. The number of hydrogen-bond donors (Lipinski definition) is 2. The highest BCUT2D eigenvalue weighted by molar-refractivity contribution is 5.83. The first-order valence-electron chi connectivity index (χ1n) is 4.55. The van der Waals surface area contributed by atoms with Crippen molar-refractivity contribution in [2.45, 2.75) is 0 Å². The molecule has 1 heterocycles. The maximum atomic E-state index is 11.4. The predicted octanol–water partition coefficient (Wildman–Crippen LogP) is -1.83. The first kappa shape index (κ1) is 10.9. The molecule has 0 atom stereocenters. The average molecular weight is 201 g/mol. The third kappa shape index (κ3) is 2.97. The summed E-state index contributed by atoms with van der Waals surface area (Å²) < 4.78 is 0. The molecule has 14 heavy (non-hydrogen) atoms. The summed E-state index contributed by atoms with van der Waals surface area (Å²) in [5, 5.41) is 8.53. The van der Waals surface area contributed by atoms with Crippen LogP contribution < -0.4 is 5.73 Å². The van der Waals surface area contributed by atoms with Crippen LogP contribution in [0.4, 0.5) is 0 Å². The monoisotopic (exact) mass is 201 g/mol. The van der Waals surface area contributed by atoms with Gasteiger partial charge in [0.15, 0.2) is 0 Å². The minimum atomic E-state index is -0.967. The van der Waals surface area contributed by atoms with Crippen LogP contribution in [0.15, 0.2) is 0 Å². The predicted molar refractivity (Wildman–Crippen MR) is 49.7 cm³/mol. The Balaban J connectivity index is 2.39. The molecule has 0 spiro atoms. The van der Waals surface area contributed by atoms with Gasteiger partial charge in [-0.1, -0.05) is 0 Å². The van der Waals surface area contributed by atoms with Gasteiger partial charge in [0, 0.05) is 26.2 Å². The normalized spacial score (nSPS) is 18.6. The Labute approximate surface area is 82.3 Å². The Hall–Kier alpha value is -1.14. The van der Waals surface area contributed by atoms with Crippen molar-refractivity contribution >= 4 is 11.9 Å². The zero-order valence-electron chi connectivity index (χ0n) is 7.98. The molecule has 1 saturated heterocycles. The lowest BCUT2D eigenvalue weighted by molar-refractivity contribution is -0.147. The van der Waals surface area contributed by atoms with Crippen molar-refractivity contribution in [3.05, 3.63) is 0 Å². The molecule has 1 fully saturated rings. The number of carboxylic acids is 1. The van der Waals surface area contributed by atoms with Crippen LogP contribution >= 0.6 is 0 Å². The van der Waals surface area contributed by atoms with Gasteiger partial charge in [0.25, 0.3) is 0 Å². The van der Waals surface area contributed by atoms with Crippen molar-refractivity contribution in [1.82, 2.24) is 9.80 Å². The van der Waals surface area contributed by atoms with E-state index in [0.717, 1.165) is 0 Å². The highest BCUT2D eigenvalue weighted by atomic mass is 16.4. The summed E-state index contributed by atoms with van der Waals surface area (Å²) in [5.74, 6) is -1.10. The summed E-state index contributed by atoms with van der Waals surface area (Å²) in [6.45, 7) is 2.47. The molecule has 1 aliphatic heterocycles. The van der Waals surface area contributed by atoms with Gasteiger partial charge in [0.2, 0.25) is 5.91 Å². The number of piperazine rings is 1. The third-order valence-corrected chi connectivity index (χ3v) is 2.17. The zero-order valence-corrected chi connectivity index (χ0v) is 7.98. The van der Waals surface area contributed by atoms with Crippen LogP contribution in [0.2, 0.25) is 0 Å². The van der Waals surface area contributed by atoms with E-state index in [-0.39, 0.29) is 19.0 Å². The highest BCUT2D eigenvalue weighted by Gasteiger charge is 2.24. The van der Waals surface area contributed by atoms with E-state index in [1.807, 2.05) is 4.90 Å². The van der Waals surface area contributed by atoms with Crippen LogP contribution in [-0.4, -0.2) is 66.1 Å². The van der Waals surface area contributed by atoms with Gasteiger partial charge in [-0.3, -0.25) is 14.5 Å². The van der Waals surface area contributed by atoms with Gasteiger partial charge in [-0.2, -0.15) is 0 Å². The number of hydrogen-bond acceptors (Lipinski definition) is 4. The second kappa shape index (κ2) is 4.92. The molecule has 0 bridgehead atoms. The average Bonchev–Trinajstić information content (AvgIpc) is 2.10. The molecule has 0 radical (unpaired) electrons. The van der Waals surface area contributed by atoms with Crippen LogP contribution in [-0.2, 0) is 9.59 Å². The second-order valence-electron chi connectivity index (χ2n) is 3.27. The minimum absolute atomic E-state index is 0.132. The van der Waals surface area contributed by atoms with Gasteiger partial charge in [-0.15, -0.1) is 0 Å². The summed E-state index contributed by atoms with van der Waals surface area (Å²) in [6.07, 6.45) is 0. The number of rotatable bonds is 4. The number of aliphatic carboxylic acids is 1. The van der Waals surface area contributed by atoms with E-state index in [9.17, 15) is 9.59 Å². The Morgan fingerprint density at radius 2 is 2.21 bits per heavy atom. The van der Waals surface area contributed by atoms with Crippen LogP contribution in [0.25, 0.3) is 0 Å². The first-order chi connectivity index (χ1) is 6.63. The fourth-order valence-electron chi connectivity index (χ4n) is 1.46. The van der Waals surface area contributed by atoms with E-state index in [0.29, 0.717) is 26.2 Å². The number of nitrogens with two attached hydrogens (primary N) is 1. The second-order valence-corrected chi connectivity index (χ2v) is 3.27.